The van der Waals surface area contributed by atoms with E-state index in [9.17, 15) is 13.2 Å². The minimum Gasteiger partial charge on any atom is -0.371 e. The van der Waals surface area contributed by atoms with Gasteiger partial charge in [0.1, 0.15) is 0 Å². The van der Waals surface area contributed by atoms with E-state index in [1.165, 1.54) is 44.1 Å². The minimum absolute atomic E-state index is 0.00766. The molecule has 4 rings (SSSR count). The standard InChI is InChI=1S/C22H33N3O3S/c1-23(2)29(27,28)19-9-10-21(24-12-5-6-13-24)20(15-19)22(26)25-14-11-17-7-3-4-8-18(17)16-25/h9-10,15,17-18H,3-8,11-14,16H2,1-2H3. The number of anilines is 1. The van der Waals surface area contributed by atoms with Crippen molar-refractivity contribution in [1.29, 1.82) is 0 Å². The van der Waals surface area contributed by atoms with Crippen LogP contribution in [0.4, 0.5) is 5.69 Å². The number of amides is 1. The molecule has 1 aliphatic carbocycles. The Bertz CT molecular complexity index is 862. The normalized spacial score (nSPS) is 25.3. The van der Waals surface area contributed by atoms with Gasteiger partial charge in [0.25, 0.3) is 5.91 Å². The van der Waals surface area contributed by atoms with Gasteiger partial charge in [-0.25, -0.2) is 12.7 Å². The molecule has 1 saturated carbocycles. The van der Waals surface area contributed by atoms with Crippen LogP contribution in [-0.4, -0.2) is 63.8 Å². The van der Waals surface area contributed by atoms with Crippen LogP contribution in [0, 0.1) is 11.8 Å². The highest BCUT2D eigenvalue weighted by atomic mass is 32.2. The van der Waals surface area contributed by atoms with E-state index in [1.807, 2.05) is 11.0 Å². The van der Waals surface area contributed by atoms with Crippen LogP contribution >= 0.6 is 0 Å². The van der Waals surface area contributed by atoms with Crippen LogP contribution in [0.1, 0.15) is 55.3 Å². The lowest BCUT2D eigenvalue weighted by Crippen LogP contribution is -2.45. The summed E-state index contributed by atoms with van der Waals surface area (Å²) in [4.78, 5) is 18.0. The van der Waals surface area contributed by atoms with E-state index < -0.39 is 10.0 Å². The number of carbonyl (C=O) groups excluding carboxylic acids is 1. The van der Waals surface area contributed by atoms with Crippen LogP contribution in [0.3, 0.4) is 0 Å². The molecule has 29 heavy (non-hydrogen) atoms. The van der Waals surface area contributed by atoms with Crippen molar-refractivity contribution >= 4 is 21.6 Å². The molecule has 7 heteroatoms. The van der Waals surface area contributed by atoms with Gasteiger partial charge in [-0.05, 0) is 55.7 Å². The number of rotatable bonds is 4. The molecule has 6 nitrogen and oxygen atoms in total. The van der Waals surface area contributed by atoms with E-state index in [0.717, 1.165) is 57.0 Å². The molecular formula is C22H33N3O3S. The number of fused-ring (bicyclic) bond motifs is 1. The first-order valence-corrected chi connectivity index (χ1v) is 12.4. The Balaban J connectivity index is 1.66. The monoisotopic (exact) mass is 419 g/mol. The van der Waals surface area contributed by atoms with Gasteiger partial charge in [-0.3, -0.25) is 4.79 Å². The second-order valence-electron chi connectivity index (χ2n) is 9.00. The average molecular weight is 420 g/mol. The van der Waals surface area contributed by atoms with E-state index in [1.54, 1.807) is 12.1 Å². The Morgan fingerprint density at radius 2 is 1.66 bits per heavy atom. The number of carbonyl (C=O) groups is 1. The van der Waals surface area contributed by atoms with E-state index in [-0.39, 0.29) is 10.8 Å². The lowest BCUT2D eigenvalue weighted by molar-refractivity contribution is 0.0521. The first kappa shape index (κ1) is 20.7. The Labute approximate surface area is 174 Å². The van der Waals surface area contributed by atoms with Gasteiger partial charge in [0.2, 0.25) is 10.0 Å². The predicted molar refractivity (Wildman–Crippen MR) is 115 cm³/mol. The summed E-state index contributed by atoms with van der Waals surface area (Å²) in [6.45, 7) is 3.44. The van der Waals surface area contributed by atoms with E-state index in [4.69, 9.17) is 0 Å². The molecule has 2 heterocycles. The summed E-state index contributed by atoms with van der Waals surface area (Å²) in [5, 5.41) is 0. The van der Waals surface area contributed by atoms with Gasteiger partial charge in [-0.2, -0.15) is 0 Å². The highest BCUT2D eigenvalue weighted by Crippen LogP contribution is 2.37. The number of hydrogen-bond donors (Lipinski definition) is 0. The fourth-order valence-electron chi connectivity index (χ4n) is 5.25. The van der Waals surface area contributed by atoms with Gasteiger partial charge in [0.15, 0.2) is 0 Å². The molecule has 2 aliphatic heterocycles. The molecule has 1 aromatic rings. The summed E-state index contributed by atoms with van der Waals surface area (Å²) in [7, 11) is -0.525. The van der Waals surface area contributed by atoms with Crippen molar-refractivity contribution in [2.24, 2.45) is 11.8 Å². The summed E-state index contributed by atoms with van der Waals surface area (Å²) in [6, 6.07) is 5.09. The maximum atomic E-state index is 13.6. The zero-order chi connectivity index (χ0) is 20.6. The van der Waals surface area contributed by atoms with Crippen LogP contribution in [0.2, 0.25) is 0 Å². The summed E-state index contributed by atoms with van der Waals surface area (Å²) < 4.78 is 26.6. The Kier molecular flexibility index (Phi) is 5.89. The number of benzene rings is 1. The third kappa shape index (κ3) is 4.04. The van der Waals surface area contributed by atoms with E-state index in [2.05, 4.69) is 4.90 Å². The second kappa shape index (κ2) is 8.26. The molecule has 160 valence electrons. The van der Waals surface area contributed by atoms with Crippen LogP contribution in [0.15, 0.2) is 23.1 Å². The first-order chi connectivity index (χ1) is 13.9. The molecule has 3 fully saturated rings. The maximum absolute atomic E-state index is 13.6. The van der Waals surface area contributed by atoms with Crippen molar-refractivity contribution in [2.45, 2.75) is 49.8 Å². The fraction of sp³-hybridized carbons (Fsp3) is 0.682. The molecule has 1 amide bonds. The highest BCUT2D eigenvalue weighted by Gasteiger charge is 2.35. The fourth-order valence-corrected chi connectivity index (χ4v) is 6.18. The molecule has 0 N–H and O–H groups in total. The lowest BCUT2D eigenvalue weighted by atomic mass is 9.75. The second-order valence-corrected chi connectivity index (χ2v) is 11.2. The van der Waals surface area contributed by atoms with Gasteiger partial charge in [-0.15, -0.1) is 0 Å². The molecule has 2 saturated heterocycles. The van der Waals surface area contributed by atoms with E-state index >= 15 is 0 Å². The number of hydrogen-bond acceptors (Lipinski definition) is 4. The van der Waals surface area contributed by atoms with Gasteiger partial charge in [0.05, 0.1) is 10.5 Å². The third-order valence-corrected chi connectivity index (χ3v) is 8.81. The van der Waals surface area contributed by atoms with Gasteiger partial charge < -0.3 is 9.80 Å². The Morgan fingerprint density at radius 1 is 0.966 bits per heavy atom. The molecule has 1 aromatic carbocycles. The Morgan fingerprint density at radius 3 is 2.34 bits per heavy atom. The molecule has 0 bridgehead atoms. The van der Waals surface area contributed by atoms with Crippen molar-refractivity contribution in [2.75, 3.05) is 45.2 Å². The van der Waals surface area contributed by atoms with Gasteiger partial charge in [0, 0.05) is 46.0 Å². The smallest absolute Gasteiger partial charge is 0.256 e. The summed E-state index contributed by atoms with van der Waals surface area (Å²) in [6.07, 6.45) is 8.38. The van der Waals surface area contributed by atoms with Crippen LogP contribution in [0.25, 0.3) is 0 Å². The molecule has 2 unspecified atom stereocenters. The summed E-state index contributed by atoms with van der Waals surface area (Å²) in [5.74, 6) is 1.35. The quantitative estimate of drug-likeness (QED) is 0.752. The molecular weight excluding hydrogens is 386 g/mol. The molecule has 0 spiro atoms. The van der Waals surface area contributed by atoms with Gasteiger partial charge in [-0.1, -0.05) is 19.3 Å². The number of likely N-dealkylation sites (tertiary alicyclic amines) is 1. The number of nitrogens with zero attached hydrogens (tertiary/aromatic N) is 3. The van der Waals surface area contributed by atoms with Crippen molar-refractivity contribution in [3.8, 4) is 0 Å². The average Bonchev–Trinajstić information content (AvgIpc) is 3.27. The zero-order valence-electron chi connectivity index (χ0n) is 17.6. The molecule has 0 radical (unpaired) electrons. The largest absolute Gasteiger partial charge is 0.371 e. The van der Waals surface area contributed by atoms with Crippen molar-refractivity contribution in [1.82, 2.24) is 9.21 Å². The zero-order valence-corrected chi connectivity index (χ0v) is 18.5. The topological polar surface area (TPSA) is 60.9 Å². The molecule has 0 aromatic heterocycles. The lowest BCUT2D eigenvalue weighted by Gasteiger charge is -2.41. The highest BCUT2D eigenvalue weighted by molar-refractivity contribution is 7.89. The van der Waals surface area contributed by atoms with Crippen LogP contribution in [-0.2, 0) is 10.0 Å². The third-order valence-electron chi connectivity index (χ3n) is 7.00. The maximum Gasteiger partial charge on any atom is 0.256 e. The van der Waals surface area contributed by atoms with E-state index in [0.29, 0.717) is 11.5 Å². The van der Waals surface area contributed by atoms with Crippen molar-refractivity contribution in [3.05, 3.63) is 23.8 Å². The number of sulfonamides is 1. The Hall–Kier alpha value is -1.60. The molecule has 3 aliphatic rings. The number of piperidine rings is 1. The SMILES string of the molecule is CN(C)S(=O)(=O)c1ccc(N2CCCC2)c(C(=O)N2CCC3CCCCC3C2)c1. The molecule has 2 atom stereocenters. The van der Waals surface area contributed by atoms with Crippen LogP contribution < -0.4 is 4.90 Å². The van der Waals surface area contributed by atoms with Crippen molar-refractivity contribution < 1.29 is 13.2 Å². The van der Waals surface area contributed by atoms with Crippen molar-refractivity contribution in [3.63, 3.8) is 0 Å². The first-order valence-electron chi connectivity index (χ1n) is 11.0. The summed E-state index contributed by atoms with van der Waals surface area (Å²) in [5.41, 5.74) is 1.43. The minimum atomic E-state index is -3.58. The summed E-state index contributed by atoms with van der Waals surface area (Å²) >= 11 is 0. The van der Waals surface area contributed by atoms with Gasteiger partial charge >= 0.3 is 0 Å². The van der Waals surface area contributed by atoms with Crippen LogP contribution in [0.5, 0.6) is 0 Å². The predicted octanol–water partition coefficient (Wildman–Crippen LogP) is 3.19.